The van der Waals surface area contributed by atoms with Crippen LogP contribution in [0, 0.1) is 6.92 Å². The van der Waals surface area contributed by atoms with Crippen LogP contribution < -0.4 is 0 Å². The third-order valence-corrected chi connectivity index (χ3v) is 7.23. The molecule has 34 heavy (non-hydrogen) atoms. The lowest BCUT2D eigenvalue weighted by molar-refractivity contribution is 0.0491. The zero-order valence-corrected chi connectivity index (χ0v) is 21.3. The van der Waals surface area contributed by atoms with Gasteiger partial charge in [-0.15, -0.1) is 0 Å². The van der Waals surface area contributed by atoms with Crippen LogP contribution in [0.4, 0.5) is 0 Å². The van der Waals surface area contributed by atoms with Crippen molar-refractivity contribution in [3.05, 3.63) is 99.2 Å². The van der Waals surface area contributed by atoms with E-state index in [1.54, 1.807) is 18.9 Å². The number of nitrogens with zero attached hydrogens (tertiary/aromatic N) is 1. The molecule has 4 rings (SSSR count). The number of benzene rings is 3. The Hall–Kier alpha value is -2.44. The molecule has 0 fully saturated rings. The average molecular weight is 514 g/mol. The van der Waals surface area contributed by atoms with Crippen LogP contribution in [0.3, 0.4) is 0 Å². The highest BCUT2D eigenvalue weighted by Gasteiger charge is 2.20. The molecule has 0 saturated heterocycles. The second-order valence-electron chi connectivity index (χ2n) is 7.83. The van der Waals surface area contributed by atoms with Crippen LogP contribution >= 0.6 is 35.1 Å². The predicted molar refractivity (Wildman–Crippen MR) is 140 cm³/mol. The first-order valence-corrected chi connectivity index (χ1v) is 12.6. The number of carbonyl (C=O) groups is 1. The number of fused-ring (bicyclic) bond motifs is 1. The molecule has 4 nitrogen and oxygen atoms in total. The highest BCUT2D eigenvalue weighted by Crippen LogP contribution is 2.34. The van der Waals surface area contributed by atoms with Crippen molar-refractivity contribution in [2.24, 2.45) is 0 Å². The molecule has 0 aliphatic rings. The summed E-state index contributed by atoms with van der Waals surface area (Å²) in [5.74, 6) is -0.189. The number of halogens is 2. The summed E-state index contributed by atoms with van der Waals surface area (Å²) in [6.45, 7) is 5.35. The highest BCUT2D eigenvalue weighted by atomic mass is 35.5. The Morgan fingerprint density at radius 2 is 1.76 bits per heavy atom. The fourth-order valence-corrected chi connectivity index (χ4v) is 5.20. The fraction of sp³-hybridized carbons (Fsp3) is 0.222. The van der Waals surface area contributed by atoms with E-state index in [9.17, 15) is 4.79 Å². The van der Waals surface area contributed by atoms with Gasteiger partial charge in [-0.3, -0.25) is 0 Å². The molecule has 1 aromatic heterocycles. The van der Waals surface area contributed by atoms with Crippen molar-refractivity contribution in [3.8, 4) is 0 Å². The molecule has 7 heteroatoms. The average Bonchev–Trinajstić information content (AvgIpc) is 3.16. The number of esters is 1. The molecule has 1 heterocycles. The topological polar surface area (TPSA) is 42.7 Å². The molecule has 0 bridgehead atoms. The minimum atomic E-state index is -0.441. The standard InChI is InChI=1S/C27H25Cl2NO3S/c1-3-32-27(31)26-18(2)21-16-20(12-13-25(21)33-26)34-30(15-14-19-8-5-4-6-9-19)17-22-23(28)10-7-11-24(22)29/h4-13,16H,3,14-15,17H2,1-2H3. The van der Waals surface area contributed by atoms with E-state index in [0.717, 1.165) is 34.4 Å². The van der Waals surface area contributed by atoms with Gasteiger partial charge < -0.3 is 9.15 Å². The molecule has 4 aromatic rings. The molecule has 0 spiro atoms. The summed E-state index contributed by atoms with van der Waals surface area (Å²) in [5, 5.41) is 2.20. The SMILES string of the molecule is CCOC(=O)c1oc2ccc(SN(CCc3ccccc3)Cc3c(Cl)cccc3Cl)cc2c1C. The summed E-state index contributed by atoms with van der Waals surface area (Å²) in [6, 6.07) is 21.9. The van der Waals surface area contributed by atoms with Crippen LogP contribution in [0.5, 0.6) is 0 Å². The molecular weight excluding hydrogens is 489 g/mol. The molecule has 0 saturated carbocycles. The van der Waals surface area contributed by atoms with E-state index in [4.69, 9.17) is 32.4 Å². The van der Waals surface area contributed by atoms with Crippen molar-refractivity contribution >= 4 is 52.1 Å². The van der Waals surface area contributed by atoms with Gasteiger partial charge in [-0.1, -0.05) is 59.6 Å². The van der Waals surface area contributed by atoms with E-state index >= 15 is 0 Å². The second kappa shape index (κ2) is 11.3. The zero-order valence-electron chi connectivity index (χ0n) is 19.0. The van der Waals surface area contributed by atoms with E-state index in [2.05, 4.69) is 28.6 Å². The summed E-state index contributed by atoms with van der Waals surface area (Å²) in [4.78, 5) is 13.3. The van der Waals surface area contributed by atoms with Gasteiger partial charge in [0.1, 0.15) is 5.58 Å². The molecule has 0 aliphatic heterocycles. The third-order valence-electron chi connectivity index (χ3n) is 5.49. The van der Waals surface area contributed by atoms with Crippen LogP contribution in [0.2, 0.25) is 10.0 Å². The number of carbonyl (C=O) groups excluding carboxylic acids is 1. The van der Waals surface area contributed by atoms with Crippen molar-refractivity contribution in [2.45, 2.75) is 31.7 Å². The van der Waals surface area contributed by atoms with Gasteiger partial charge in [0, 0.05) is 44.5 Å². The Bertz CT molecular complexity index is 1270. The first-order chi connectivity index (χ1) is 16.5. The maximum Gasteiger partial charge on any atom is 0.374 e. The van der Waals surface area contributed by atoms with Crippen LogP contribution in [0.1, 0.15) is 34.2 Å². The van der Waals surface area contributed by atoms with E-state index in [0.29, 0.717) is 28.8 Å². The normalized spacial score (nSPS) is 11.3. The summed E-state index contributed by atoms with van der Waals surface area (Å²) in [6.07, 6.45) is 0.885. The van der Waals surface area contributed by atoms with Gasteiger partial charge in [-0.25, -0.2) is 9.10 Å². The Labute approximate surface area is 213 Å². The van der Waals surface area contributed by atoms with E-state index in [-0.39, 0.29) is 5.76 Å². The number of hydrogen-bond acceptors (Lipinski definition) is 5. The monoisotopic (exact) mass is 513 g/mol. The van der Waals surface area contributed by atoms with Gasteiger partial charge in [0.25, 0.3) is 0 Å². The van der Waals surface area contributed by atoms with Crippen LogP contribution in [0.15, 0.2) is 76.0 Å². The molecular formula is C27H25Cl2NO3S. The van der Waals surface area contributed by atoms with E-state index in [1.807, 2.05) is 49.4 Å². The van der Waals surface area contributed by atoms with Gasteiger partial charge in [0.05, 0.1) is 6.61 Å². The maximum absolute atomic E-state index is 12.2. The minimum absolute atomic E-state index is 0.253. The van der Waals surface area contributed by atoms with Gasteiger partial charge in [0.2, 0.25) is 5.76 Å². The third kappa shape index (κ3) is 5.78. The van der Waals surface area contributed by atoms with E-state index in [1.165, 1.54) is 5.56 Å². The zero-order chi connectivity index (χ0) is 24.1. The fourth-order valence-electron chi connectivity index (χ4n) is 3.71. The molecule has 0 unspecified atom stereocenters. The van der Waals surface area contributed by atoms with Crippen LogP contribution in [-0.2, 0) is 17.7 Å². The van der Waals surface area contributed by atoms with Gasteiger partial charge in [0.15, 0.2) is 0 Å². The molecule has 176 valence electrons. The van der Waals surface area contributed by atoms with Crippen molar-refractivity contribution in [1.29, 1.82) is 0 Å². The summed E-state index contributed by atoms with van der Waals surface area (Å²) < 4.78 is 13.2. The number of ether oxygens (including phenoxy) is 1. The Morgan fingerprint density at radius 3 is 2.47 bits per heavy atom. The molecule has 0 amide bonds. The van der Waals surface area contributed by atoms with Gasteiger partial charge >= 0.3 is 5.97 Å². The second-order valence-corrected chi connectivity index (χ2v) is 9.81. The minimum Gasteiger partial charge on any atom is -0.460 e. The number of aryl methyl sites for hydroxylation is 1. The van der Waals surface area contributed by atoms with E-state index < -0.39 is 5.97 Å². The lowest BCUT2D eigenvalue weighted by Crippen LogP contribution is -2.19. The number of rotatable bonds is 9. The van der Waals surface area contributed by atoms with Crippen molar-refractivity contribution in [3.63, 3.8) is 0 Å². The summed E-state index contributed by atoms with van der Waals surface area (Å²) >= 11 is 14.6. The number of hydrogen-bond donors (Lipinski definition) is 0. The molecule has 0 atom stereocenters. The largest absolute Gasteiger partial charge is 0.460 e. The quantitative estimate of drug-likeness (QED) is 0.167. The first kappa shape index (κ1) is 24.7. The predicted octanol–water partition coefficient (Wildman–Crippen LogP) is 7.98. The van der Waals surface area contributed by atoms with Crippen molar-refractivity contribution < 1.29 is 13.9 Å². The lowest BCUT2D eigenvalue weighted by Gasteiger charge is -2.22. The Kier molecular flexibility index (Phi) is 8.22. The molecule has 0 aliphatic carbocycles. The van der Waals surface area contributed by atoms with Gasteiger partial charge in [-0.05, 0) is 68.1 Å². The van der Waals surface area contributed by atoms with Crippen LogP contribution in [-0.4, -0.2) is 23.4 Å². The summed E-state index contributed by atoms with van der Waals surface area (Å²) in [5.41, 5.74) is 3.60. The smallest absolute Gasteiger partial charge is 0.374 e. The lowest BCUT2D eigenvalue weighted by atomic mass is 10.1. The van der Waals surface area contributed by atoms with Crippen LogP contribution in [0.25, 0.3) is 11.0 Å². The number of furan rings is 1. The maximum atomic E-state index is 12.2. The Balaban J connectivity index is 1.60. The Morgan fingerprint density at radius 1 is 1.03 bits per heavy atom. The molecule has 0 radical (unpaired) electrons. The molecule has 3 aromatic carbocycles. The van der Waals surface area contributed by atoms with Crippen molar-refractivity contribution in [2.75, 3.05) is 13.2 Å². The summed E-state index contributed by atoms with van der Waals surface area (Å²) in [7, 11) is 0. The van der Waals surface area contributed by atoms with Crippen molar-refractivity contribution in [1.82, 2.24) is 4.31 Å². The highest BCUT2D eigenvalue weighted by molar-refractivity contribution is 7.97. The molecule has 0 N–H and O–H groups in total. The first-order valence-electron chi connectivity index (χ1n) is 11.1. The van der Waals surface area contributed by atoms with Gasteiger partial charge in [-0.2, -0.15) is 0 Å².